The molecule has 76 valence electrons. The molecule has 0 saturated heterocycles. The molecule has 0 spiro atoms. The van der Waals surface area contributed by atoms with Crippen molar-refractivity contribution in [3.8, 4) is 0 Å². The van der Waals surface area contributed by atoms with Gasteiger partial charge in [0.25, 0.3) is 0 Å². The van der Waals surface area contributed by atoms with Crippen LogP contribution < -0.4 is 0 Å². The lowest BCUT2D eigenvalue weighted by molar-refractivity contribution is 0.562. The van der Waals surface area contributed by atoms with Crippen LogP contribution in [0.5, 0.6) is 0 Å². The summed E-state index contributed by atoms with van der Waals surface area (Å²) in [4.78, 5) is 13.5. The van der Waals surface area contributed by atoms with Gasteiger partial charge in [0.2, 0.25) is 6.08 Å². The predicted octanol–water partition coefficient (Wildman–Crippen LogP) is 3.22. The topological polar surface area (TPSA) is 29.4 Å². The van der Waals surface area contributed by atoms with E-state index in [9.17, 15) is 4.79 Å². The molecule has 0 aromatic heterocycles. The van der Waals surface area contributed by atoms with Crippen LogP contribution in [0.2, 0.25) is 24.2 Å². The minimum atomic E-state index is -0.957. The molecule has 0 aliphatic carbocycles. The Morgan fingerprint density at radius 3 is 2.08 bits per heavy atom. The second-order valence-corrected chi connectivity index (χ2v) is 9.26. The molecular weight excluding hydrogens is 178 g/mol. The Bertz CT molecular complexity index is 163. The van der Waals surface area contributed by atoms with Crippen molar-refractivity contribution in [3.63, 3.8) is 0 Å². The fourth-order valence-corrected chi connectivity index (χ4v) is 5.33. The van der Waals surface area contributed by atoms with Gasteiger partial charge in [-0.1, -0.05) is 44.9 Å². The van der Waals surface area contributed by atoms with Gasteiger partial charge in [0, 0.05) is 0 Å². The van der Waals surface area contributed by atoms with E-state index >= 15 is 0 Å². The Labute approximate surface area is 82.5 Å². The fourth-order valence-electron chi connectivity index (χ4n) is 1.86. The molecule has 13 heavy (non-hydrogen) atoms. The zero-order chi connectivity index (χ0) is 10.2. The summed E-state index contributed by atoms with van der Waals surface area (Å²) in [5, 5.41) is 0. The first-order valence-electron chi connectivity index (χ1n) is 5.28. The summed E-state index contributed by atoms with van der Waals surface area (Å²) >= 11 is 0. The van der Waals surface area contributed by atoms with Crippen molar-refractivity contribution in [1.82, 2.24) is 0 Å². The number of hydrogen-bond donors (Lipinski definition) is 0. The molecule has 0 heterocycles. The summed E-state index contributed by atoms with van der Waals surface area (Å²) in [6.45, 7) is 7.60. The molecule has 0 bridgehead atoms. The minimum Gasteiger partial charge on any atom is -0.211 e. The SMILES string of the molecule is CC[Si](CC)(CC)CCCN=C=O. The lowest BCUT2D eigenvalue weighted by Gasteiger charge is -2.27. The molecule has 0 aromatic carbocycles. The van der Waals surface area contributed by atoms with Crippen molar-refractivity contribution in [1.29, 1.82) is 0 Å². The Morgan fingerprint density at radius 1 is 1.15 bits per heavy atom. The minimum absolute atomic E-state index is 0.679. The maximum absolute atomic E-state index is 9.86. The monoisotopic (exact) mass is 199 g/mol. The molecule has 0 amide bonds. The van der Waals surface area contributed by atoms with Crippen LogP contribution in [0.15, 0.2) is 4.99 Å². The Kier molecular flexibility index (Phi) is 6.83. The van der Waals surface area contributed by atoms with E-state index in [0.29, 0.717) is 6.54 Å². The van der Waals surface area contributed by atoms with Gasteiger partial charge in [-0.2, -0.15) is 0 Å². The number of rotatable bonds is 7. The van der Waals surface area contributed by atoms with Crippen molar-refractivity contribution < 1.29 is 4.79 Å². The highest BCUT2D eigenvalue weighted by atomic mass is 28.3. The highest BCUT2D eigenvalue weighted by molar-refractivity contribution is 6.79. The summed E-state index contributed by atoms with van der Waals surface area (Å²) < 4.78 is 0. The second-order valence-electron chi connectivity index (χ2n) is 3.64. The van der Waals surface area contributed by atoms with Gasteiger partial charge in [0.1, 0.15) is 0 Å². The molecular formula is C10H21NOSi. The lowest BCUT2D eigenvalue weighted by atomic mass is 10.5. The molecule has 2 nitrogen and oxygen atoms in total. The van der Waals surface area contributed by atoms with Crippen LogP contribution >= 0.6 is 0 Å². The number of aliphatic imine (C=N–C) groups is 1. The highest BCUT2D eigenvalue weighted by Crippen LogP contribution is 2.26. The molecule has 0 atom stereocenters. The van der Waals surface area contributed by atoms with Crippen molar-refractivity contribution >= 4 is 14.2 Å². The van der Waals surface area contributed by atoms with E-state index in [0.717, 1.165) is 6.42 Å². The van der Waals surface area contributed by atoms with Crippen LogP contribution in [0.1, 0.15) is 27.2 Å². The summed E-state index contributed by atoms with van der Waals surface area (Å²) in [6, 6.07) is 5.42. The number of nitrogens with zero attached hydrogens (tertiary/aromatic N) is 1. The van der Waals surface area contributed by atoms with Crippen molar-refractivity contribution in [3.05, 3.63) is 0 Å². The Hall–Kier alpha value is -0.403. The van der Waals surface area contributed by atoms with Gasteiger partial charge < -0.3 is 0 Å². The van der Waals surface area contributed by atoms with E-state index in [4.69, 9.17) is 0 Å². The van der Waals surface area contributed by atoms with Crippen LogP contribution in [-0.2, 0) is 4.79 Å². The average Bonchev–Trinajstić information content (AvgIpc) is 2.20. The quantitative estimate of drug-likeness (QED) is 0.268. The zero-order valence-electron chi connectivity index (χ0n) is 9.10. The summed E-state index contributed by atoms with van der Waals surface area (Å²) in [5.41, 5.74) is 0. The molecule has 0 rings (SSSR count). The van der Waals surface area contributed by atoms with Crippen LogP contribution in [0.3, 0.4) is 0 Å². The van der Waals surface area contributed by atoms with Gasteiger partial charge in [0.15, 0.2) is 0 Å². The van der Waals surface area contributed by atoms with Gasteiger partial charge in [-0.15, -0.1) is 0 Å². The Balaban J connectivity index is 3.87. The molecule has 0 saturated carbocycles. The van der Waals surface area contributed by atoms with E-state index in [2.05, 4.69) is 25.8 Å². The number of hydrogen-bond acceptors (Lipinski definition) is 2. The van der Waals surface area contributed by atoms with Crippen molar-refractivity contribution in [2.45, 2.75) is 51.4 Å². The molecule has 0 aromatic rings. The maximum Gasteiger partial charge on any atom is 0.234 e. The standard InChI is InChI=1S/C10H21NOSi/c1-4-13(5-2,6-3)9-7-8-11-10-12/h4-9H2,1-3H3. The summed E-state index contributed by atoms with van der Waals surface area (Å²) in [5.74, 6) is 0. The third-order valence-corrected chi connectivity index (χ3v) is 9.21. The molecule has 0 aliphatic heterocycles. The van der Waals surface area contributed by atoms with Gasteiger partial charge in [-0.05, 0) is 6.42 Å². The number of carbonyl (C=O) groups excluding carboxylic acids is 1. The first kappa shape index (κ1) is 12.6. The van der Waals surface area contributed by atoms with Crippen LogP contribution in [0, 0.1) is 0 Å². The smallest absolute Gasteiger partial charge is 0.211 e. The predicted molar refractivity (Wildman–Crippen MR) is 59.6 cm³/mol. The molecule has 0 N–H and O–H groups in total. The molecule has 0 radical (unpaired) electrons. The van der Waals surface area contributed by atoms with Gasteiger partial charge in [0.05, 0.1) is 14.6 Å². The first-order chi connectivity index (χ1) is 6.24. The maximum atomic E-state index is 9.86. The largest absolute Gasteiger partial charge is 0.234 e. The molecule has 0 fully saturated rings. The highest BCUT2D eigenvalue weighted by Gasteiger charge is 2.25. The van der Waals surface area contributed by atoms with Gasteiger partial charge >= 0.3 is 0 Å². The first-order valence-corrected chi connectivity index (χ1v) is 8.11. The van der Waals surface area contributed by atoms with Crippen LogP contribution in [0.25, 0.3) is 0 Å². The van der Waals surface area contributed by atoms with E-state index in [-0.39, 0.29) is 0 Å². The third-order valence-electron chi connectivity index (χ3n) is 3.29. The summed E-state index contributed by atoms with van der Waals surface area (Å²) in [6.07, 6.45) is 2.68. The molecule has 3 heteroatoms. The van der Waals surface area contributed by atoms with Crippen molar-refractivity contribution in [2.24, 2.45) is 4.99 Å². The van der Waals surface area contributed by atoms with E-state index in [1.807, 2.05) is 0 Å². The molecule has 0 unspecified atom stereocenters. The number of isocyanates is 1. The lowest BCUT2D eigenvalue weighted by Crippen LogP contribution is -2.30. The van der Waals surface area contributed by atoms with Gasteiger partial charge in [-0.25, -0.2) is 9.79 Å². The van der Waals surface area contributed by atoms with E-state index < -0.39 is 8.07 Å². The molecule has 0 aliphatic rings. The van der Waals surface area contributed by atoms with Gasteiger partial charge in [-0.3, -0.25) is 0 Å². The van der Waals surface area contributed by atoms with Crippen molar-refractivity contribution in [2.75, 3.05) is 6.54 Å². The summed E-state index contributed by atoms with van der Waals surface area (Å²) in [7, 11) is -0.957. The average molecular weight is 199 g/mol. The second kappa shape index (κ2) is 7.04. The normalized spacial score (nSPS) is 11.0. The zero-order valence-corrected chi connectivity index (χ0v) is 10.1. The van der Waals surface area contributed by atoms with Crippen LogP contribution in [0.4, 0.5) is 0 Å². The van der Waals surface area contributed by atoms with Crippen LogP contribution in [-0.4, -0.2) is 20.7 Å². The third kappa shape index (κ3) is 4.39. The van der Waals surface area contributed by atoms with E-state index in [1.54, 1.807) is 6.08 Å². The Morgan fingerprint density at radius 2 is 1.69 bits per heavy atom. The fraction of sp³-hybridized carbons (Fsp3) is 0.900. The van der Waals surface area contributed by atoms with E-state index in [1.165, 1.54) is 24.2 Å².